The predicted molar refractivity (Wildman–Crippen MR) is 137 cm³/mol. The number of carbonyl (C=O) groups is 1. The summed E-state index contributed by atoms with van der Waals surface area (Å²) in [5.74, 6) is 1.53. The van der Waals surface area contributed by atoms with Crippen LogP contribution in [-0.4, -0.2) is 51.4 Å². The maximum absolute atomic E-state index is 12.3. The van der Waals surface area contributed by atoms with Crippen molar-refractivity contribution in [3.63, 3.8) is 0 Å². The normalized spacial score (nSPS) is 13.1. The maximum Gasteiger partial charge on any atom is 0.251 e. The fourth-order valence-corrected chi connectivity index (χ4v) is 3.98. The lowest BCUT2D eigenvalue weighted by molar-refractivity contribution is 0.0875. The number of aliphatic hydroxyl groups excluding tert-OH is 1. The number of benzene rings is 2. The second kappa shape index (κ2) is 10.9. The van der Waals surface area contributed by atoms with Crippen molar-refractivity contribution in [3.8, 4) is 11.5 Å². The summed E-state index contributed by atoms with van der Waals surface area (Å²) in [6.45, 7) is 1.34. The Labute approximate surface area is 213 Å². The Bertz CT molecular complexity index is 1370. The van der Waals surface area contributed by atoms with Crippen LogP contribution in [0.4, 0.5) is 11.5 Å². The molecule has 0 unspecified atom stereocenters. The van der Waals surface area contributed by atoms with E-state index >= 15 is 0 Å². The van der Waals surface area contributed by atoms with Crippen LogP contribution in [0.5, 0.6) is 11.5 Å². The van der Waals surface area contributed by atoms with E-state index in [0.717, 1.165) is 29.6 Å². The molecule has 2 aromatic heterocycles. The van der Waals surface area contributed by atoms with E-state index in [9.17, 15) is 4.79 Å². The zero-order chi connectivity index (χ0) is 24.9. The minimum Gasteiger partial charge on any atom is -0.456 e. The SMILES string of the molecule is O=C(NC1CC1)c1cccc(Oc2ccc(Nc3ncnc4ccn(CCOCCO)c34)cc2Cl)c1. The van der Waals surface area contributed by atoms with E-state index in [1.54, 1.807) is 36.4 Å². The lowest BCUT2D eigenvalue weighted by Gasteiger charge is -2.13. The van der Waals surface area contributed by atoms with Gasteiger partial charge < -0.3 is 29.8 Å². The lowest BCUT2D eigenvalue weighted by Crippen LogP contribution is -2.25. The molecule has 1 fully saturated rings. The minimum absolute atomic E-state index is 0.00992. The monoisotopic (exact) mass is 507 g/mol. The first kappa shape index (κ1) is 24.1. The van der Waals surface area contributed by atoms with Gasteiger partial charge in [0.1, 0.15) is 23.3 Å². The van der Waals surface area contributed by atoms with E-state index in [-0.39, 0.29) is 18.6 Å². The molecule has 1 saturated carbocycles. The number of aromatic nitrogens is 3. The number of aliphatic hydroxyl groups is 1. The highest BCUT2D eigenvalue weighted by atomic mass is 35.5. The largest absolute Gasteiger partial charge is 0.456 e. The number of nitrogens with one attached hydrogen (secondary N) is 2. The maximum atomic E-state index is 12.3. The van der Waals surface area contributed by atoms with Crippen molar-refractivity contribution in [3.05, 3.63) is 71.6 Å². The number of hydrogen-bond donors (Lipinski definition) is 3. The number of ether oxygens (including phenoxy) is 2. The smallest absolute Gasteiger partial charge is 0.251 e. The number of hydrogen-bond acceptors (Lipinski definition) is 7. The quantitative estimate of drug-likeness (QED) is 0.256. The molecular weight excluding hydrogens is 482 g/mol. The molecule has 4 aromatic rings. The van der Waals surface area contributed by atoms with Gasteiger partial charge in [0.05, 0.1) is 30.4 Å². The second-order valence-electron chi connectivity index (χ2n) is 8.45. The van der Waals surface area contributed by atoms with E-state index in [2.05, 4.69) is 20.6 Å². The molecule has 5 rings (SSSR count). The molecule has 0 radical (unpaired) electrons. The van der Waals surface area contributed by atoms with E-state index in [4.69, 9.17) is 26.2 Å². The van der Waals surface area contributed by atoms with Gasteiger partial charge in [0.25, 0.3) is 5.91 Å². The van der Waals surface area contributed by atoms with Crippen molar-refractivity contribution < 1.29 is 19.4 Å². The van der Waals surface area contributed by atoms with Crippen LogP contribution < -0.4 is 15.4 Å². The molecule has 3 N–H and O–H groups in total. The van der Waals surface area contributed by atoms with E-state index < -0.39 is 0 Å². The highest BCUT2D eigenvalue weighted by Crippen LogP contribution is 2.34. The van der Waals surface area contributed by atoms with Crippen LogP contribution in [0, 0.1) is 0 Å². The summed E-state index contributed by atoms with van der Waals surface area (Å²) in [5, 5.41) is 15.6. The van der Waals surface area contributed by atoms with E-state index in [1.165, 1.54) is 6.33 Å². The van der Waals surface area contributed by atoms with Crippen LogP contribution >= 0.6 is 11.6 Å². The van der Waals surface area contributed by atoms with Crippen LogP contribution in [0.15, 0.2) is 61.1 Å². The minimum atomic E-state index is -0.102. The first-order valence-electron chi connectivity index (χ1n) is 11.7. The Kier molecular flexibility index (Phi) is 7.31. The summed E-state index contributed by atoms with van der Waals surface area (Å²) in [6.07, 6.45) is 5.49. The van der Waals surface area contributed by atoms with Crippen LogP contribution in [0.2, 0.25) is 5.02 Å². The Balaban J connectivity index is 1.30. The van der Waals surface area contributed by atoms with Gasteiger partial charge in [-0.1, -0.05) is 17.7 Å². The summed E-state index contributed by atoms with van der Waals surface area (Å²) < 4.78 is 13.4. The van der Waals surface area contributed by atoms with Gasteiger partial charge in [-0.2, -0.15) is 0 Å². The van der Waals surface area contributed by atoms with Gasteiger partial charge in [0.15, 0.2) is 5.82 Å². The van der Waals surface area contributed by atoms with Gasteiger partial charge in [-0.15, -0.1) is 0 Å². The van der Waals surface area contributed by atoms with Crippen molar-refractivity contribution in [2.75, 3.05) is 25.1 Å². The molecule has 1 aliphatic rings. The molecule has 0 atom stereocenters. The highest BCUT2D eigenvalue weighted by Gasteiger charge is 2.24. The van der Waals surface area contributed by atoms with Gasteiger partial charge in [-0.3, -0.25) is 4.79 Å². The van der Waals surface area contributed by atoms with Gasteiger partial charge in [-0.05, 0) is 55.3 Å². The highest BCUT2D eigenvalue weighted by molar-refractivity contribution is 6.32. The second-order valence-corrected chi connectivity index (χ2v) is 8.86. The Morgan fingerprint density at radius 3 is 2.83 bits per heavy atom. The average Bonchev–Trinajstić information content (AvgIpc) is 3.60. The Morgan fingerprint density at radius 2 is 2.03 bits per heavy atom. The standard InChI is InChI=1S/C26H26ClN5O4/c27-21-15-19(30-25-24-22(28-16-29-25)8-9-32(24)10-12-35-13-11-33)6-7-23(21)36-20-3-1-2-17(14-20)26(34)31-18-4-5-18/h1-3,6-9,14-16,18,33H,4-5,10-13H2,(H,31,34)(H,28,29,30). The average molecular weight is 508 g/mol. The molecule has 2 heterocycles. The molecule has 10 heteroatoms. The van der Waals surface area contributed by atoms with Gasteiger partial charge in [0, 0.05) is 30.0 Å². The molecule has 9 nitrogen and oxygen atoms in total. The fourth-order valence-electron chi connectivity index (χ4n) is 3.76. The van der Waals surface area contributed by atoms with Crippen molar-refractivity contribution in [1.29, 1.82) is 0 Å². The topological polar surface area (TPSA) is 111 Å². The number of amides is 1. The lowest BCUT2D eigenvalue weighted by atomic mass is 10.2. The molecule has 0 aliphatic heterocycles. The van der Waals surface area contributed by atoms with Crippen molar-refractivity contribution in [1.82, 2.24) is 19.9 Å². The molecule has 186 valence electrons. The molecular formula is C26H26ClN5O4. The summed E-state index contributed by atoms with van der Waals surface area (Å²) in [7, 11) is 0. The van der Waals surface area contributed by atoms with Crippen molar-refractivity contribution >= 4 is 40.0 Å². The first-order valence-corrected chi connectivity index (χ1v) is 12.1. The third-order valence-electron chi connectivity index (χ3n) is 5.69. The number of carbonyl (C=O) groups excluding carboxylic acids is 1. The Morgan fingerprint density at radius 1 is 1.14 bits per heavy atom. The predicted octanol–water partition coefficient (Wildman–Crippen LogP) is 4.52. The van der Waals surface area contributed by atoms with Gasteiger partial charge in [0.2, 0.25) is 0 Å². The van der Waals surface area contributed by atoms with Crippen LogP contribution in [0.25, 0.3) is 11.0 Å². The van der Waals surface area contributed by atoms with E-state index in [1.807, 2.05) is 22.9 Å². The number of anilines is 2. The van der Waals surface area contributed by atoms with Crippen molar-refractivity contribution in [2.24, 2.45) is 0 Å². The van der Waals surface area contributed by atoms with Crippen LogP contribution in [0.1, 0.15) is 23.2 Å². The zero-order valence-corrected chi connectivity index (χ0v) is 20.2. The Hall–Kier alpha value is -3.66. The molecule has 1 amide bonds. The van der Waals surface area contributed by atoms with Crippen molar-refractivity contribution in [2.45, 2.75) is 25.4 Å². The van der Waals surface area contributed by atoms with Gasteiger partial charge in [-0.25, -0.2) is 9.97 Å². The molecule has 0 bridgehead atoms. The number of nitrogens with zero attached hydrogens (tertiary/aromatic N) is 3. The molecule has 2 aromatic carbocycles. The number of fused-ring (bicyclic) bond motifs is 1. The summed E-state index contributed by atoms with van der Waals surface area (Å²) in [4.78, 5) is 21.1. The third-order valence-corrected chi connectivity index (χ3v) is 5.99. The molecule has 36 heavy (non-hydrogen) atoms. The van der Waals surface area contributed by atoms with Crippen LogP contribution in [-0.2, 0) is 11.3 Å². The van der Waals surface area contributed by atoms with E-state index in [0.29, 0.717) is 47.7 Å². The number of halogens is 1. The molecule has 1 aliphatic carbocycles. The summed E-state index contributed by atoms with van der Waals surface area (Å²) >= 11 is 6.53. The summed E-state index contributed by atoms with van der Waals surface area (Å²) in [6, 6.07) is 14.6. The fraction of sp³-hybridized carbons (Fsp3) is 0.269. The number of rotatable bonds is 11. The summed E-state index contributed by atoms with van der Waals surface area (Å²) in [5.41, 5.74) is 2.91. The third kappa shape index (κ3) is 5.76. The molecule has 0 saturated heterocycles. The zero-order valence-electron chi connectivity index (χ0n) is 19.5. The van der Waals surface area contributed by atoms with Crippen LogP contribution in [0.3, 0.4) is 0 Å². The van der Waals surface area contributed by atoms with Gasteiger partial charge >= 0.3 is 0 Å². The first-order chi connectivity index (χ1) is 17.6. The molecule has 0 spiro atoms.